The molecule has 8 heteroatoms. The summed E-state index contributed by atoms with van der Waals surface area (Å²) in [6, 6.07) is 12.4. The highest BCUT2D eigenvalue weighted by molar-refractivity contribution is 5.93. The lowest BCUT2D eigenvalue weighted by Crippen LogP contribution is -2.39. The van der Waals surface area contributed by atoms with Crippen molar-refractivity contribution >= 4 is 5.91 Å². The molecule has 0 radical (unpaired) electrons. The molecule has 3 aromatic rings. The highest BCUT2D eigenvalue weighted by atomic mass is 19.1. The van der Waals surface area contributed by atoms with Crippen molar-refractivity contribution in [2.75, 3.05) is 13.1 Å². The average Bonchev–Trinajstić information content (AvgIpc) is 3.62. The van der Waals surface area contributed by atoms with Gasteiger partial charge in [0.05, 0.1) is 11.3 Å². The second-order valence-electron chi connectivity index (χ2n) is 9.13. The topological polar surface area (TPSA) is 87.9 Å². The molecule has 2 N–H and O–H groups in total. The Kier molecular flexibility index (Phi) is 5.88. The number of nitriles is 1. The molecule has 2 fully saturated rings. The lowest BCUT2D eigenvalue weighted by molar-refractivity contribution is 0.0748. The Labute approximate surface area is 196 Å². The Bertz CT molecular complexity index is 1290. The number of likely N-dealkylation sites (tertiary alicyclic amines) is 1. The predicted octanol–water partition coefficient (Wildman–Crippen LogP) is 4.52. The minimum atomic E-state index is -0.691. The van der Waals surface area contributed by atoms with Crippen LogP contribution in [0.1, 0.15) is 59.6 Å². The van der Waals surface area contributed by atoms with Crippen molar-refractivity contribution in [3.8, 4) is 23.0 Å². The zero-order valence-electron chi connectivity index (χ0n) is 18.7. The van der Waals surface area contributed by atoms with Crippen LogP contribution in [-0.2, 0) is 0 Å². The van der Waals surface area contributed by atoms with E-state index in [9.17, 15) is 9.18 Å². The number of nitrogens with two attached hydrogens (primary N) is 1. The van der Waals surface area contributed by atoms with E-state index < -0.39 is 11.6 Å². The van der Waals surface area contributed by atoms with Gasteiger partial charge in [-0.25, -0.2) is 13.5 Å². The molecule has 174 valence electrons. The van der Waals surface area contributed by atoms with Gasteiger partial charge in [-0.05, 0) is 67.5 Å². The van der Waals surface area contributed by atoms with E-state index >= 15 is 4.39 Å². The summed E-state index contributed by atoms with van der Waals surface area (Å²) in [5.74, 6) is -1.05. The molecular weight excluding hydrogens is 436 g/mol. The number of aromatic nitrogens is 2. The molecule has 1 saturated carbocycles. The number of hydrogen-bond acceptors (Lipinski definition) is 4. The van der Waals surface area contributed by atoms with Crippen LogP contribution < -0.4 is 5.73 Å². The first-order chi connectivity index (χ1) is 16.4. The molecule has 1 amide bonds. The van der Waals surface area contributed by atoms with Crippen LogP contribution in [0.25, 0.3) is 16.9 Å². The first-order valence-electron chi connectivity index (χ1n) is 11.6. The van der Waals surface area contributed by atoms with E-state index in [-0.39, 0.29) is 28.9 Å². The van der Waals surface area contributed by atoms with Crippen LogP contribution in [0.2, 0.25) is 0 Å². The lowest BCUT2D eigenvalue weighted by Gasteiger charge is -2.21. The molecule has 1 aromatic heterocycles. The largest absolute Gasteiger partial charge is 0.336 e. The summed E-state index contributed by atoms with van der Waals surface area (Å²) in [5, 5.41) is 13.5. The molecule has 2 aliphatic rings. The lowest BCUT2D eigenvalue weighted by atomic mass is 10.1. The molecule has 1 aliphatic carbocycles. The highest BCUT2D eigenvalue weighted by Crippen LogP contribution is 2.41. The van der Waals surface area contributed by atoms with E-state index in [2.05, 4.69) is 5.10 Å². The summed E-state index contributed by atoms with van der Waals surface area (Å²) >= 11 is 0. The van der Waals surface area contributed by atoms with Crippen molar-refractivity contribution < 1.29 is 13.6 Å². The molecule has 5 rings (SSSR count). The van der Waals surface area contributed by atoms with E-state index in [0.29, 0.717) is 30.3 Å². The van der Waals surface area contributed by atoms with Gasteiger partial charge in [-0.1, -0.05) is 18.6 Å². The van der Waals surface area contributed by atoms with E-state index in [0.717, 1.165) is 37.7 Å². The van der Waals surface area contributed by atoms with Gasteiger partial charge in [0.25, 0.3) is 5.91 Å². The minimum Gasteiger partial charge on any atom is -0.336 e. The van der Waals surface area contributed by atoms with Crippen LogP contribution in [0.5, 0.6) is 0 Å². The van der Waals surface area contributed by atoms with Gasteiger partial charge in [-0.2, -0.15) is 10.4 Å². The second kappa shape index (κ2) is 8.99. The molecule has 6 nitrogen and oxygen atoms in total. The normalized spacial score (nSPS) is 18.4. The van der Waals surface area contributed by atoms with Crippen molar-refractivity contribution in [2.24, 2.45) is 5.73 Å². The van der Waals surface area contributed by atoms with Crippen molar-refractivity contribution in [3.63, 3.8) is 0 Å². The second-order valence-corrected chi connectivity index (χ2v) is 9.13. The van der Waals surface area contributed by atoms with Gasteiger partial charge >= 0.3 is 0 Å². The van der Waals surface area contributed by atoms with Gasteiger partial charge < -0.3 is 10.6 Å². The van der Waals surface area contributed by atoms with Crippen molar-refractivity contribution in [3.05, 3.63) is 70.9 Å². The Morgan fingerprint density at radius 2 is 1.88 bits per heavy atom. The first kappa shape index (κ1) is 22.2. The monoisotopic (exact) mass is 461 g/mol. The molecule has 1 aliphatic heterocycles. The fourth-order valence-electron chi connectivity index (χ4n) is 4.53. The van der Waals surface area contributed by atoms with Gasteiger partial charge in [0.15, 0.2) is 5.69 Å². The van der Waals surface area contributed by atoms with Gasteiger partial charge in [0, 0.05) is 24.7 Å². The van der Waals surface area contributed by atoms with Gasteiger partial charge in [0.1, 0.15) is 23.4 Å². The van der Waals surface area contributed by atoms with Crippen molar-refractivity contribution in [2.45, 2.75) is 44.1 Å². The Balaban J connectivity index is 1.59. The third kappa shape index (κ3) is 4.31. The molecule has 1 atom stereocenters. The Morgan fingerprint density at radius 1 is 1.06 bits per heavy atom. The molecule has 2 heterocycles. The third-order valence-electron chi connectivity index (χ3n) is 6.56. The summed E-state index contributed by atoms with van der Waals surface area (Å²) in [6.45, 7) is 1.00. The van der Waals surface area contributed by atoms with Crippen molar-refractivity contribution in [1.29, 1.82) is 5.26 Å². The third-order valence-corrected chi connectivity index (χ3v) is 6.56. The van der Waals surface area contributed by atoms with Crippen LogP contribution in [-0.4, -0.2) is 39.7 Å². The van der Waals surface area contributed by atoms with Gasteiger partial charge in [-0.15, -0.1) is 0 Å². The fourth-order valence-corrected chi connectivity index (χ4v) is 4.53. The number of rotatable bonds is 4. The van der Waals surface area contributed by atoms with E-state index in [1.54, 1.807) is 29.2 Å². The van der Waals surface area contributed by atoms with Gasteiger partial charge in [-0.3, -0.25) is 4.79 Å². The molecule has 0 spiro atoms. The number of benzene rings is 2. The zero-order valence-corrected chi connectivity index (χ0v) is 18.7. The quantitative estimate of drug-likeness (QED) is 0.619. The number of carbonyl (C=O) groups excluding carboxylic acids is 1. The number of hydrogen-bond donors (Lipinski definition) is 1. The van der Waals surface area contributed by atoms with Crippen LogP contribution in [0.3, 0.4) is 0 Å². The highest BCUT2D eigenvalue weighted by Gasteiger charge is 2.27. The maximum atomic E-state index is 15.2. The van der Waals surface area contributed by atoms with E-state index in [1.165, 1.54) is 22.9 Å². The van der Waals surface area contributed by atoms with Crippen molar-refractivity contribution in [1.82, 2.24) is 14.7 Å². The fraction of sp³-hybridized carbons (Fsp3) is 0.346. The summed E-state index contributed by atoms with van der Waals surface area (Å²) < 4.78 is 31.0. The summed E-state index contributed by atoms with van der Waals surface area (Å²) in [6.07, 6.45) is 4.76. The van der Waals surface area contributed by atoms with Crippen LogP contribution >= 0.6 is 0 Å². The number of carbonyl (C=O) groups is 1. The number of nitrogens with zero attached hydrogens (tertiary/aromatic N) is 4. The SMILES string of the molecule is N#Cc1ccc(-c2cc(C(=O)N3CCCCC(N)C3)nn2-c2ccc(C3CC3)cc2F)cc1F. The Hall–Kier alpha value is -3.57. The summed E-state index contributed by atoms with van der Waals surface area (Å²) in [5.41, 5.74) is 8.04. The summed E-state index contributed by atoms with van der Waals surface area (Å²) in [7, 11) is 0. The molecular formula is C26H25F2N5O. The number of halogens is 2. The maximum Gasteiger partial charge on any atom is 0.274 e. The molecule has 1 unspecified atom stereocenters. The van der Waals surface area contributed by atoms with Crippen LogP contribution in [0.4, 0.5) is 8.78 Å². The standard InChI is InChI=1S/C26H25F2N5O/c27-21-12-18(6-7-19(21)14-29)25-13-23(26(34)32-10-2-1-3-20(30)15-32)31-33(25)24-9-8-17(11-22(24)28)16-4-5-16/h6-9,11-13,16,20H,1-5,10,15,30H2. The van der Waals surface area contributed by atoms with E-state index in [4.69, 9.17) is 11.0 Å². The molecule has 34 heavy (non-hydrogen) atoms. The van der Waals surface area contributed by atoms with E-state index in [1.807, 2.05) is 6.07 Å². The predicted molar refractivity (Wildman–Crippen MR) is 123 cm³/mol. The van der Waals surface area contributed by atoms with Crippen LogP contribution in [0.15, 0.2) is 42.5 Å². The Morgan fingerprint density at radius 3 is 2.59 bits per heavy atom. The zero-order chi connectivity index (χ0) is 23.8. The number of amides is 1. The van der Waals surface area contributed by atoms with Gasteiger partial charge in [0.2, 0.25) is 0 Å². The molecule has 0 bridgehead atoms. The van der Waals surface area contributed by atoms with Crippen LogP contribution in [0, 0.1) is 23.0 Å². The minimum absolute atomic E-state index is 0.0929. The average molecular weight is 462 g/mol. The maximum absolute atomic E-state index is 15.2. The molecule has 1 saturated heterocycles. The smallest absolute Gasteiger partial charge is 0.274 e. The molecule has 2 aromatic carbocycles. The summed E-state index contributed by atoms with van der Waals surface area (Å²) in [4.78, 5) is 15.0. The first-order valence-corrected chi connectivity index (χ1v) is 11.6.